The quantitative estimate of drug-likeness (QED) is 0.187. The van der Waals surface area contributed by atoms with Gasteiger partial charge in [0.05, 0.1) is 0 Å². The van der Waals surface area contributed by atoms with Crippen molar-refractivity contribution in [3.05, 3.63) is 46.6 Å². The minimum absolute atomic E-state index is 0.363. The summed E-state index contributed by atoms with van der Waals surface area (Å²) in [5, 5.41) is 0. The van der Waals surface area contributed by atoms with E-state index >= 15 is 0 Å². The summed E-state index contributed by atoms with van der Waals surface area (Å²) >= 11 is -1.54. The van der Waals surface area contributed by atoms with Crippen molar-refractivity contribution in [3.8, 4) is 0 Å². The van der Waals surface area contributed by atoms with Gasteiger partial charge in [0.2, 0.25) is 0 Å². The third-order valence-corrected chi connectivity index (χ3v) is 20.1. The van der Waals surface area contributed by atoms with Gasteiger partial charge in [-0.05, 0) is 0 Å². The molecule has 0 spiro atoms. The van der Waals surface area contributed by atoms with Crippen molar-refractivity contribution in [1.29, 1.82) is 0 Å². The Bertz CT molecular complexity index is 758. The van der Waals surface area contributed by atoms with Crippen LogP contribution < -0.4 is 0 Å². The molecule has 2 rings (SSSR count). The number of hydrogen-bond donors (Lipinski definition) is 0. The van der Waals surface area contributed by atoms with Gasteiger partial charge in [0.15, 0.2) is 0 Å². The van der Waals surface area contributed by atoms with Gasteiger partial charge in [0.1, 0.15) is 0 Å². The number of allylic oxidation sites excluding steroid dienone is 8. The van der Waals surface area contributed by atoms with Crippen LogP contribution in [-0.4, -0.2) is 41.0 Å². The van der Waals surface area contributed by atoms with Gasteiger partial charge in [-0.15, -0.1) is 0 Å². The fourth-order valence-electron chi connectivity index (χ4n) is 6.88. The van der Waals surface area contributed by atoms with Crippen LogP contribution in [0, 0.1) is 35.5 Å². The molecule has 2 aliphatic rings. The van der Waals surface area contributed by atoms with Gasteiger partial charge >= 0.3 is 246 Å². The molecule has 0 aromatic heterocycles. The number of hydrogen-bond acceptors (Lipinski definition) is 0. The molecule has 0 aliphatic heterocycles. The van der Waals surface area contributed by atoms with Crippen LogP contribution in [0.2, 0.25) is 0.772 Å². The van der Waals surface area contributed by atoms with Gasteiger partial charge in [-0.25, -0.2) is 0 Å². The Hall–Kier alpha value is 0.441. The van der Waals surface area contributed by atoms with Gasteiger partial charge in [0, 0.05) is 0 Å². The predicted octanol–water partition coefficient (Wildman–Crippen LogP) is 11.0. The monoisotopic (exact) mass is 554 g/mol. The molecule has 0 amide bonds. The van der Waals surface area contributed by atoms with E-state index in [4.69, 9.17) is 0 Å². The normalized spacial score (nSPS) is 29.4. The van der Waals surface area contributed by atoms with Crippen LogP contribution in [0.15, 0.2) is 46.6 Å². The van der Waals surface area contributed by atoms with Gasteiger partial charge in [-0.2, -0.15) is 0 Å². The third-order valence-electron chi connectivity index (χ3n) is 10.8. The zero-order valence-electron chi connectivity index (χ0n) is 25.7. The van der Waals surface area contributed by atoms with E-state index in [0.29, 0.717) is 24.4 Å². The first-order chi connectivity index (χ1) is 16.5. The second kappa shape index (κ2) is 13.5. The first kappa shape index (κ1) is 31.7. The Kier molecular flexibility index (Phi) is 12.2. The first-order valence-corrected chi connectivity index (χ1v) is 18.9. The molecule has 8 atom stereocenters. The summed E-state index contributed by atoms with van der Waals surface area (Å²) in [5.74, 6) is 4.18. The molecule has 0 bridgehead atoms. The minimum atomic E-state index is -1.54. The predicted molar refractivity (Wildman–Crippen MR) is 160 cm³/mol. The Morgan fingerprint density at radius 1 is 0.514 bits per heavy atom. The van der Waals surface area contributed by atoms with E-state index in [9.17, 15) is 0 Å². The molecule has 0 N–H and O–H groups in total. The topological polar surface area (TPSA) is 0 Å². The standard InChI is InChI=1S/2C17H29.Sr/c2*1-7-12(4)15-10-16(13(5)8-2)17(11-15)14(6)9-3;/h2*10-14H,7-9H2,1-6H3;. The molecule has 0 heterocycles. The van der Waals surface area contributed by atoms with Crippen LogP contribution in [0.5, 0.6) is 0 Å². The van der Waals surface area contributed by atoms with Gasteiger partial charge in [-0.1, -0.05) is 0 Å². The summed E-state index contributed by atoms with van der Waals surface area (Å²) < 4.78 is 0.726. The maximum atomic E-state index is 2.89. The van der Waals surface area contributed by atoms with E-state index in [1.807, 2.05) is 11.1 Å². The maximum absolute atomic E-state index is 2.89. The fraction of sp³-hybridized carbons (Fsp3) is 0.765. The average Bonchev–Trinajstić information content (AvgIpc) is 3.46. The Balaban J connectivity index is 2.84. The third kappa shape index (κ3) is 6.20. The molecule has 0 aromatic carbocycles. The van der Waals surface area contributed by atoms with Crippen molar-refractivity contribution in [2.75, 3.05) is 0 Å². The molecule has 2 aliphatic carbocycles. The summed E-state index contributed by atoms with van der Waals surface area (Å²) in [6, 6.07) is 0. The van der Waals surface area contributed by atoms with Gasteiger partial charge in [-0.3, -0.25) is 0 Å². The average molecular weight is 554 g/mol. The Morgan fingerprint density at radius 3 is 1.09 bits per heavy atom. The number of rotatable bonds is 14. The molecule has 1 heteroatoms. The van der Waals surface area contributed by atoms with E-state index in [2.05, 4.69) is 107 Å². The van der Waals surface area contributed by atoms with Crippen molar-refractivity contribution in [2.45, 2.75) is 122 Å². The molecular formula is C34H58Sr. The van der Waals surface area contributed by atoms with Crippen molar-refractivity contribution in [3.63, 3.8) is 0 Å². The van der Waals surface area contributed by atoms with E-state index in [1.54, 1.807) is 11.1 Å². The van der Waals surface area contributed by atoms with E-state index in [-0.39, 0.29) is 0 Å². The van der Waals surface area contributed by atoms with Crippen LogP contribution in [-0.2, 0) is 0 Å². The van der Waals surface area contributed by atoms with E-state index < -0.39 is 41.0 Å². The van der Waals surface area contributed by atoms with Crippen LogP contribution in [0.25, 0.3) is 0 Å². The van der Waals surface area contributed by atoms with Crippen LogP contribution in [0.4, 0.5) is 0 Å². The molecule has 0 aromatic rings. The fourth-order valence-corrected chi connectivity index (χ4v) is 17.3. The summed E-state index contributed by atoms with van der Waals surface area (Å²) in [6.07, 6.45) is 18.8. The molecule has 0 saturated carbocycles. The Labute approximate surface area is 243 Å². The van der Waals surface area contributed by atoms with Crippen molar-refractivity contribution in [1.82, 2.24) is 0 Å². The first-order valence-electron chi connectivity index (χ1n) is 15.4. The van der Waals surface area contributed by atoms with E-state index in [0.717, 1.165) is 11.8 Å². The molecular weight excluding hydrogens is 496 g/mol. The van der Waals surface area contributed by atoms with Crippen molar-refractivity contribution < 1.29 is 0 Å². The van der Waals surface area contributed by atoms with E-state index in [1.165, 1.54) is 38.5 Å². The molecule has 196 valence electrons. The Morgan fingerprint density at radius 2 is 0.829 bits per heavy atom. The second-order valence-corrected chi connectivity index (χ2v) is 19.2. The van der Waals surface area contributed by atoms with Crippen LogP contribution in [0.3, 0.4) is 0 Å². The second-order valence-electron chi connectivity index (χ2n) is 12.6. The van der Waals surface area contributed by atoms with Crippen molar-refractivity contribution in [2.24, 2.45) is 35.5 Å². The molecule has 35 heavy (non-hydrogen) atoms. The van der Waals surface area contributed by atoms with Crippen LogP contribution in [0.1, 0.15) is 122 Å². The molecule has 0 nitrogen and oxygen atoms in total. The van der Waals surface area contributed by atoms with Gasteiger partial charge < -0.3 is 0 Å². The summed E-state index contributed by atoms with van der Waals surface area (Å²) in [5.41, 5.74) is 6.99. The summed E-state index contributed by atoms with van der Waals surface area (Å²) in [6.45, 7) is 29.7. The van der Waals surface area contributed by atoms with Crippen LogP contribution >= 0.6 is 0 Å². The molecule has 0 saturated heterocycles. The zero-order valence-corrected chi connectivity index (χ0v) is 29.2. The molecule has 8 unspecified atom stereocenters. The molecule has 0 fully saturated rings. The summed E-state index contributed by atoms with van der Waals surface area (Å²) in [7, 11) is 0. The SMILES string of the molecule is CCC(C)C1=C[C]([Sr][C]2(C(C)CC)C=C(C(C)CC)C=C2C(C)CC)(C(C)CC)C(C(C)CC)=C1. The van der Waals surface area contributed by atoms with Gasteiger partial charge in [0.25, 0.3) is 0 Å². The zero-order chi connectivity index (χ0) is 26.6. The molecule has 0 radical (unpaired) electrons. The van der Waals surface area contributed by atoms with Crippen molar-refractivity contribution >= 4 is 41.0 Å². The summed E-state index contributed by atoms with van der Waals surface area (Å²) in [4.78, 5) is 0.